The van der Waals surface area contributed by atoms with Crippen LogP contribution in [0.15, 0.2) is 42.1 Å². The molecule has 0 spiro atoms. The number of ether oxygens (including phenoxy) is 1. The molecule has 18 heavy (non-hydrogen) atoms. The molecule has 0 aliphatic heterocycles. The average molecular weight is 245 g/mol. The third kappa shape index (κ3) is 4.22. The molecule has 0 heterocycles. The molecular formula is C14H12FNO2. The van der Waals surface area contributed by atoms with Crippen LogP contribution in [0.3, 0.4) is 0 Å². The summed E-state index contributed by atoms with van der Waals surface area (Å²) < 4.78 is 17.4. The molecular weight excluding hydrogens is 233 g/mol. The van der Waals surface area contributed by atoms with Crippen LogP contribution < -0.4 is 0 Å². The van der Waals surface area contributed by atoms with Gasteiger partial charge in [0.2, 0.25) is 0 Å². The number of nitrogens with zero attached hydrogens (tertiary/aromatic N) is 1. The van der Waals surface area contributed by atoms with Crippen LogP contribution in [0.25, 0.3) is 10.9 Å². The Labute approximate surface area is 105 Å². The van der Waals surface area contributed by atoms with Crippen LogP contribution in [-0.2, 0) is 9.53 Å². The first-order chi connectivity index (χ1) is 8.67. The van der Waals surface area contributed by atoms with Gasteiger partial charge in [0.05, 0.1) is 13.2 Å². The van der Waals surface area contributed by atoms with Crippen molar-refractivity contribution < 1.29 is 13.9 Å². The highest BCUT2D eigenvalue weighted by atomic mass is 19.1. The van der Waals surface area contributed by atoms with Gasteiger partial charge in [-0.2, -0.15) is 0 Å². The molecule has 0 atom stereocenters. The molecule has 0 aromatic heterocycles. The summed E-state index contributed by atoms with van der Waals surface area (Å²) in [6, 6.07) is 5.87. The van der Waals surface area contributed by atoms with Crippen LogP contribution in [0.1, 0.15) is 12.5 Å². The lowest BCUT2D eigenvalue weighted by Crippen LogP contribution is -2.04. The molecule has 3 nitrogen and oxygen atoms in total. The summed E-state index contributed by atoms with van der Waals surface area (Å²) in [5, 5.41) is 0. The van der Waals surface area contributed by atoms with Crippen molar-refractivity contribution in [2.75, 3.05) is 6.61 Å². The Morgan fingerprint density at radius 1 is 1.44 bits per heavy atom. The predicted octanol–water partition coefficient (Wildman–Crippen LogP) is 3.21. The van der Waals surface area contributed by atoms with E-state index in [-0.39, 0.29) is 18.1 Å². The number of carbonyl (C=O) groups is 1. The summed E-state index contributed by atoms with van der Waals surface area (Å²) in [5.74, 6) is -0.952. The molecule has 4 heteroatoms. The van der Waals surface area contributed by atoms with Crippen molar-refractivity contribution in [1.82, 2.24) is 0 Å². The number of hydrogen-bond donors (Lipinski definition) is 0. The predicted molar refractivity (Wildman–Crippen MR) is 66.8 cm³/mol. The number of carbonyl (C=O) groups excluding carboxylic acids is 1. The van der Waals surface area contributed by atoms with E-state index >= 15 is 0 Å². The second-order valence-electron chi connectivity index (χ2n) is 3.29. The monoisotopic (exact) mass is 245 g/mol. The van der Waals surface area contributed by atoms with Crippen molar-refractivity contribution in [2.45, 2.75) is 6.92 Å². The van der Waals surface area contributed by atoms with E-state index in [1.54, 1.807) is 31.2 Å². The van der Waals surface area contributed by atoms with Crippen molar-refractivity contribution in [3.63, 3.8) is 0 Å². The van der Waals surface area contributed by atoms with E-state index in [0.29, 0.717) is 0 Å². The van der Waals surface area contributed by atoms with Crippen molar-refractivity contribution in [3.8, 4) is 0 Å². The Balaban J connectivity index is 2.75. The molecule has 0 aliphatic rings. The van der Waals surface area contributed by atoms with Gasteiger partial charge in [0.1, 0.15) is 5.82 Å². The van der Waals surface area contributed by atoms with Crippen LogP contribution in [-0.4, -0.2) is 12.6 Å². The fourth-order valence-corrected chi connectivity index (χ4v) is 1.18. The molecule has 0 saturated heterocycles. The lowest BCUT2D eigenvalue weighted by atomic mass is 10.2. The van der Waals surface area contributed by atoms with E-state index < -0.39 is 5.97 Å². The average Bonchev–Trinajstić information content (AvgIpc) is 2.37. The lowest BCUT2D eigenvalue weighted by molar-refractivity contribution is -0.138. The summed E-state index contributed by atoms with van der Waals surface area (Å²) in [6.07, 6.45) is 4.59. The normalized spacial score (nSPS) is 11.3. The minimum Gasteiger partial charge on any atom is -0.471 e. The summed E-state index contributed by atoms with van der Waals surface area (Å²) in [7, 11) is 0. The van der Waals surface area contributed by atoms with Gasteiger partial charge in [0.15, 0.2) is 0 Å². The summed E-state index contributed by atoms with van der Waals surface area (Å²) in [4.78, 5) is 14.4. The fourth-order valence-electron chi connectivity index (χ4n) is 1.18. The number of benzene rings is 1. The lowest BCUT2D eigenvalue weighted by Gasteiger charge is -1.97. The number of rotatable bonds is 4. The fraction of sp³-hybridized carbons (Fsp3) is 0.143. The van der Waals surface area contributed by atoms with Gasteiger partial charge >= 0.3 is 5.97 Å². The van der Waals surface area contributed by atoms with Gasteiger partial charge in [-0.1, -0.05) is 24.3 Å². The zero-order valence-electron chi connectivity index (χ0n) is 9.89. The van der Waals surface area contributed by atoms with E-state index in [9.17, 15) is 9.18 Å². The Morgan fingerprint density at radius 3 is 2.67 bits per heavy atom. The molecule has 0 saturated carbocycles. The molecule has 1 aromatic carbocycles. The van der Waals surface area contributed by atoms with Crippen LogP contribution in [0.2, 0.25) is 0 Å². The van der Waals surface area contributed by atoms with Crippen molar-refractivity contribution in [3.05, 3.63) is 64.9 Å². The Bertz CT molecular complexity index is 510. The first-order valence-electron chi connectivity index (χ1n) is 5.36. The summed E-state index contributed by atoms with van der Waals surface area (Å²) in [6.45, 7) is 8.76. The molecule has 0 unspecified atom stereocenters. The Hall–Kier alpha value is -2.41. The van der Waals surface area contributed by atoms with Crippen LogP contribution in [0.5, 0.6) is 0 Å². The van der Waals surface area contributed by atoms with E-state index in [1.807, 2.05) is 0 Å². The molecule has 0 aliphatic carbocycles. The molecule has 0 radical (unpaired) electrons. The van der Waals surface area contributed by atoms with E-state index in [4.69, 9.17) is 11.3 Å². The van der Waals surface area contributed by atoms with Gasteiger partial charge in [0, 0.05) is 0 Å². The maximum absolute atomic E-state index is 12.6. The van der Waals surface area contributed by atoms with Gasteiger partial charge < -0.3 is 4.74 Å². The third-order valence-electron chi connectivity index (χ3n) is 2.02. The van der Waals surface area contributed by atoms with Crippen LogP contribution in [0, 0.1) is 12.4 Å². The Morgan fingerprint density at radius 2 is 2.11 bits per heavy atom. The first kappa shape index (κ1) is 13.7. The molecule has 92 valence electrons. The van der Waals surface area contributed by atoms with Gasteiger partial charge in [-0.25, -0.2) is 9.24 Å². The van der Waals surface area contributed by atoms with E-state index in [1.165, 1.54) is 18.2 Å². The highest BCUT2D eigenvalue weighted by Crippen LogP contribution is 2.06. The Kier molecular flexibility index (Phi) is 5.33. The number of hydrogen-bond acceptors (Lipinski definition) is 2. The maximum atomic E-state index is 12.6. The smallest absolute Gasteiger partial charge is 0.336 e. The standard InChI is InChI=1S/C14H12FNO2/c1-3-18-14(17)13(16-2)6-4-5-11-7-9-12(15)10-8-11/h4-10H,3H2,1H3/b5-4+,13-6-. The minimum absolute atomic E-state index is 0.0878. The van der Waals surface area contributed by atoms with Crippen molar-refractivity contribution in [1.29, 1.82) is 0 Å². The topological polar surface area (TPSA) is 30.7 Å². The van der Waals surface area contributed by atoms with E-state index in [2.05, 4.69) is 4.85 Å². The SMILES string of the molecule is [C-]#[N+]/C(=C\C=C\c1ccc(F)cc1)C(=O)OCC. The molecule has 0 bridgehead atoms. The molecule has 0 amide bonds. The first-order valence-corrected chi connectivity index (χ1v) is 5.36. The van der Waals surface area contributed by atoms with Crippen LogP contribution >= 0.6 is 0 Å². The third-order valence-corrected chi connectivity index (χ3v) is 2.02. The summed E-state index contributed by atoms with van der Waals surface area (Å²) in [5.41, 5.74) is 0.691. The zero-order valence-corrected chi connectivity index (χ0v) is 9.89. The van der Waals surface area contributed by atoms with Crippen molar-refractivity contribution in [2.24, 2.45) is 0 Å². The largest absolute Gasteiger partial charge is 0.471 e. The second kappa shape index (κ2) is 7.02. The highest BCUT2D eigenvalue weighted by Gasteiger charge is 2.08. The van der Waals surface area contributed by atoms with Crippen molar-refractivity contribution >= 4 is 12.0 Å². The second-order valence-corrected chi connectivity index (χ2v) is 3.29. The van der Waals surface area contributed by atoms with Gasteiger partial charge in [-0.15, -0.1) is 0 Å². The number of allylic oxidation sites excluding steroid dienone is 2. The maximum Gasteiger partial charge on any atom is 0.336 e. The minimum atomic E-state index is -0.642. The molecule has 0 fully saturated rings. The quantitative estimate of drug-likeness (QED) is 0.353. The summed E-state index contributed by atoms with van der Waals surface area (Å²) >= 11 is 0. The van der Waals surface area contributed by atoms with Gasteiger partial charge in [-0.3, -0.25) is 4.79 Å². The molecule has 0 N–H and O–H groups in total. The van der Waals surface area contributed by atoms with Gasteiger partial charge in [-0.05, 0) is 30.7 Å². The van der Waals surface area contributed by atoms with E-state index in [0.717, 1.165) is 5.56 Å². The molecule has 1 rings (SSSR count). The zero-order chi connectivity index (χ0) is 13.4. The highest BCUT2D eigenvalue weighted by molar-refractivity contribution is 5.90. The van der Waals surface area contributed by atoms with Gasteiger partial charge in [0.25, 0.3) is 5.70 Å². The van der Waals surface area contributed by atoms with Crippen LogP contribution in [0.4, 0.5) is 4.39 Å². The molecule has 1 aromatic rings. The number of halogens is 1. The number of esters is 1.